The van der Waals surface area contributed by atoms with Crippen LogP contribution in [-0.4, -0.2) is 118 Å². The first-order chi connectivity index (χ1) is 47.6. The first-order valence-electron chi connectivity index (χ1n) is 33.1. The van der Waals surface area contributed by atoms with E-state index in [0.29, 0.717) is 19.1 Å². The largest absolute Gasteiger partial charge is 0.367 e. The molecule has 8 aliphatic rings. The maximum atomic E-state index is 13.5. The van der Waals surface area contributed by atoms with Crippen molar-refractivity contribution < 1.29 is 51.8 Å². The van der Waals surface area contributed by atoms with Gasteiger partial charge in [0.2, 0.25) is 23.6 Å². The Kier molecular flexibility index (Phi) is 16.5. The molecule has 16 rings (SSSR count). The molecule has 8 amide bonds. The number of benzene rings is 6. The fourth-order valence-electron chi connectivity index (χ4n) is 14.4. The second kappa shape index (κ2) is 25.2. The number of rotatable bonds is 13. The number of aryl methyl sites for hydroxylation is 6. The molecule has 2 atom stereocenters. The van der Waals surface area contributed by atoms with Crippen LogP contribution in [0.5, 0.6) is 0 Å². The Hall–Kier alpha value is -11.4. The molecule has 4 saturated heterocycles. The number of halogens is 1. The monoisotopic (exact) mass is 1330 g/mol. The Balaban J connectivity index is 0.000000141. The van der Waals surface area contributed by atoms with Gasteiger partial charge in [0.25, 0.3) is 23.6 Å². The summed E-state index contributed by atoms with van der Waals surface area (Å²) in [5.74, 6) is -3.57. The Bertz CT molecular complexity index is 4780. The van der Waals surface area contributed by atoms with E-state index in [0.717, 1.165) is 145 Å². The Labute approximate surface area is 569 Å². The van der Waals surface area contributed by atoms with Crippen LogP contribution in [0.3, 0.4) is 0 Å². The minimum atomic E-state index is -1.02. The molecule has 500 valence electrons. The lowest BCUT2D eigenvalue weighted by molar-refractivity contribution is -0.137. The molecular formula is C76H69FN12O10. The van der Waals surface area contributed by atoms with Crippen LogP contribution in [0, 0.1) is 70.0 Å². The van der Waals surface area contributed by atoms with Crippen LogP contribution < -0.4 is 30.7 Å². The molecule has 6 aliphatic heterocycles. The molecule has 2 aliphatic carbocycles. The van der Waals surface area contributed by atoms with Gasteiger partial charge >= 0.3 is 0 Å². The summed E-state index contributed by atoms with van der Waals surface area (Å²) in [4.78, 5) is 107. The molecule has 0 bridgehead atoms. The number of nitrogens with one attached hydrogen (secondary N) is 3. The average Bonchev–Trinajstić information content (AvgIpc) is 1.76. The smallest absolute Gasteiger partial charge is 0.262 e. The number of hydrogen-bond donors (Lipinski definition) is 3. The second-order valence-corrected chi connectivity index (χ2v) is 26.8. The van der Waals surface area contributed by atoms with Crippen molar-refractivity contribution >= 4 is 75.7 Å². The summed E-state index contributed by atoms with van der Waals surface area (Å²) in [6, 6.07) is 41.9. The maximum Gasteiger partial charge on any atom is 0.262 e. The summed E-state index contributed by atoms with van der Waals surface area (Å²) >= 11 is 0. The lowest BCUT2D eigenvalue weighted by atomic mass is 9.95. The number of piperidine rings is 2. The standard InChI is InChI=1S/C38H34N6O5.C25H26N4O.C13H9FN2O4/c1-21-4-5-24(34-22(2)41-49-23(34)3)16-32(21)43(26-8-6-25(7-9-26)38(20-39)14-15-38)28-18-42(19-28)27-10-11-29-30(17-27)37(48)44(36(29)47)31-12-13-33(45)40-35(31)46;1-16-4-5-19(24-17(2)28-30-18(24)3)12-23(16)29(22-13-27-14-22)21-8-6-20(7-9-21)25(15-26)10-11-25;14-6-1-2-7-8(5-6)13(20)16(12(7)19)9-3-4-10(17)15-11(9)18/h4-11,16-17,28,31H,12-15,18-19H2,1-3H3,(H,40,45,46);4-9,12,22,27H,10-11,13-14H2,1-3H3;1-2,5,9H,3-4H2,(H,15,17,18). The van der Waals surface area contributed by atoms with Gasteiger partial charge in [0.1, 0.15) is 29.4 Å². The van der Waals surface area contributed by atoms with Crippen LogP contribution >= 0.6 is 0 Å². The number of carbonyl (C=O) groups excluding carboxylic acids is 8. The molecule has 2 saturated carbocycles. The highest BCUT2D eigenvalue weighted by Gasteiger charge is 2.49. The van der Waals surface area contributed by atoms with E-state index in [1.807, 2.05) is 33.8 Å². The van der Waals surface area contributed by atoms with E-state index in [4.69, 9.17) is 9.05 Å². The van der Waals surface area contributed by atoms with Crippen molar-refractivity contribution in [2.45, 2.75) is 128 Å². The first-order valence-corrected chi connectivity index (χ1v) is 33.1. The van der Waals surface area contributed by atoms with Gasteiger partial charge < -0.3 is 29.1 Å². The third kappa shape index (κ3) is 11.6. The molecule has 99 heavy (non-hydrogen) atoms. The van der Waals surface area contributed by atoms with Crippen LogP contribution in [0.2, 0.25) is 0 Å². The van der Waals surface area contributed by atoms with Gasteiger partial charge in [-0.25, -0.2) is 4.39 Å². The fraction of sp³-hybridized carbons (Fsp3) is 0.316. The number of anilines is 5. The van der Waals surface area contributed by atoms with E-state index in [-0.39, 0.29) is 64.8 Å². The summed E-state index contributed by atoms with van der Waals surface area (Å²) < 4.78 is 24.0. The van der Waals surface area contributed by atoms with Crippen LogP contribution in [-0.2, 0) is 30.0 Å². The van der Waals surface area contributed by atoms with Gasteiger partial charge in [-0.15, -0.1) is 0 Å². The lowest BCUT2D eigenvalue weighted by Gasteiger charge is -2.48. The molecule has 6 aromatic carbocycles. The van der Waals surface area contributed by atoms with Crippen molar-refractivity contribution in [2.24, 2.45) is 0 Å². The number of fused-ring (bicyclic) bond motifs is 2. The van der Waals surface area contributed by atoms with Crippen LogP contribution in [0.4, 0.5) is 32.8 Å². The van der Waals surface area contributed by atoms with Crippen LogP contribution in [0.1, 0.15) is 138 Å². The van der Waals surface area contributed by atoms with Gasteiger partial charge in [0.05, 0.1) is 68.7 Å². The summed E-state index contributed by atoms with van der Waals surface area (Å²) in [6.07, 6.45) is 4.02. The Morgan fingerprint density at radius 3 is 1.33 bits per heavy atom. The Morgan fingerprint density at radius 2 is 0.939 bits per heavy atom. The molecule has 3 N–H and O–H groups in total. The van der Waals surface area contributed by atoms with Crippen LogP contribution in [0.15, 0.2) is 130 Å². The van der Waals surface area contributed by atoms with Crippen molar-refractivity contribution in [3.05, 3.63) is 195 Å². The van der Waals surface area contributed by atoms with Gasteiger partial charge in [0.15, 0.2) is 0 Å². The zero-order valence-corrected chi connectivity index (χ0v) is 55.3. The van der Waals surface area contributed by atoms with E-state index in [9.17, 15) is 53.3 Å². The number of aromatic nitrogens is 2. The summed E-state index contributed by atoms with van der Waals surface area (Å²) in [7, 11) is 0. The topological polar surface area (TPSA) is 288 Å². The number of imide groups is 4. The zero-order chi connectivity index (χ0) is 69.5. The van der Waals surface area contributed by atoms with Gasteiger partial charge in [-0.1, -0.05) is 58.8 Å². The molecule has 0 radical (unpaired) electrons. The van der Waals surface area contributed by atoms with Gasteiger partial charge in [-0.2, -0.15) is 10.5 Å². The molecule has 22 nitrogen and oxygen atoms in total. The molecule has 8 aromatic rings. The molecule has 8 heterocycles. The molecule has 2 aromatic heterocycles. The number of carbonyl (C=O) groups is 8. The minimum absolute atomic E-state index is 0.0537. The van der Waals surface area contributed by atoms with Crippen molar-refractivity contribution in [2.75, 3.05) is 40.9 Å². The molecule has 23 heteroatoms. The van der Waals surface area contributed by atoms with Crippen molar-refractivity contribution in [3.63, 3.8) is 0 Å². The van der Waals surface area contributed by atoms with Gasteiger partial charge in [-0.3, -0.25) is 58.8 Å². The summed E-state index contributed by atoms with van der Waals surface area (Å²) in [5.41, 5.74) is 15.6. The SMILES string of the molecule is Cc1ccc(-c2c(C)noc2C)cc1N(c1ccc(C2(C#N)CC2)cc1)C1CN(c2ccc3c(c2)C(=O)N(C2CCC(=O)NC2=O)C3=O)C1.Cc1ccc(-c2c(C)noc2C)cc1N(c1ccc(C2(C#N)CC2)cc1)C1CNC1.O=C1CCC(N2C(=O)c3ccc(F)cc3C2=O)C(=O)N1. The third-order valence-electron chi connectivity index (χ3n) is 20.4. The first kappa shape index (κ1) is 64.9. The van der Waals surface area contributed by atoms with Crippen LogP contribution in [0.25, 0.3) is 22.3 Å². The normalized spacial score (nSPS) is 19.5. The molecule has 0 spiro atoms. The third-order valence-corrected chi connectivity index (χ3v) is 20.4. The van der Waals surface area contributed by atoms with Gasteiger partial charge in [0, 0.05) is 78.6 Å². The number of amides is 8. The van der Waals surface area contributed by atoms with Crippen molar-refractivity contribution in [3.8, 4) is 34.4 Å². The van der Waals surface area contributed by atoms with E-state index in [1.165, 1.54) is 17.3 Å². The fourth-order valence-corrected chi connectivity index (χ4v) is 14.4. The van der Waals surface area contributed by atoms with Crippen molar-refractivity contribution in [1.29, 1.82) is 10.5 Å². The van der Waals surface area contributed by atoms with E-state index < -0.39 is 65.2 Å². The summed E-state index contributed by atoms with van der Waals surface area (Å²) in [6.45, 7) is 15.3. The Morgan fingerprint density at radius 1 is 0.515 bits per heavy atom. The minimum Gasteiger partial charge on any atom is -0.367 e. The predicted molar refractivity (Wildman–Crippen MR) is 361 cm³/mol. The number of nitrogens with zero attached hydrogens (tertiary/aromatic N) is 9. The molecular weight excluding hydrogens is 1260 g/mol. The second-order valence-electron chi connectivity index (χ2n) is 26.8. The quantitative estimate of drug-likeness (QED) is 0.0904. The highest BCUT2D eigenvalue weighted by molar-refractivity contribution is 6.24. The number of hydrogen-bond acceptors (Lipinski definition) is 18. The molecule has 6 fully saturated rings. The number of nitriles is 2. The average molecular weight is 1330 g/mol. The van der Waals surface area contributed by atoms with E-state index in [1.54, 1.807) is 12.1 Å². The highest BCUT2D eigenvalue weighted by Crippen LogP contribution is 2.50. The predicted octanol–water partition coefficient (Wildman–Crippen LogP) is 10.4. The van der Waals surface area contributed by atoms with Gasteiger partial charge in [-0.05, 0) is 186 Å². The maximum absolute atomic E-state index is 13.5. The van der Waals surface area contributed by atoms with E-state index >= 15 is 0 Å². The van der Waals surface area contributed by atoms with Crippen molar-refractivity contribution in [1.82, 2.24) is 36.1 Å². The molecule has 2 unspecified atom stereocenters. The highest BCUT2D eigenvalue weighted by atomic mass is 19.1. The summed E-state index contributed by atoms with van der Waals surface area (Å²) in [5, 5.41) is 35.3. The van der Waals surface area contributed by atoms with E-state index in [2.05, 4.69) is 152 Å². The zero-order valence-electron chi connectivity index (χ0n) is 55.3. The lowest BCUT2D eigenvalue weighted by Crippen LogP contribution is -2.58.